The normalized spacial score (nSPS) is 11.9. The predicted octanol–water partition coefficient (Wildman–Crippen LogP) is 5.37. The second kappa shape index (κ2) is 22.4. The van der Waals surface area contributed by atoms with E-state index in [1.54, 1.807) is 57.8 Å². The molecule has 0 saturated heterocycles. The molecular weight excluding hydrogens is 672 g/mol. The topological polar surface area (TPSA) is 182 Å². The van der Waals surface area contributed by atoms with Gasteiger partial charge in [0.25, 0.3) is 6.47 Å². The number of methoxy groups -OCH3 is 2. The summed E-state index contributed by atoms with van der Waals surface area (Å²) in [5.41, 5.74) is 17.1. The number of nitrogens with zero attached hydrogens (tertiary/aromatic N) is 2. The first-order valence-electron chi connectivity index (χ1n) is 17.5. The molecule has 0 spiro atoms. The van der Waals surface area contributed by atoms with E-state index in [9.17, 15) is 19.6 Å². The van der Waals surface area contributed by atoms with Crippen LogP contribution in [0.25, 0.3) is 5.70 Å². The molecule has 2 atom stereocenters. The zero-order chi connectivity index (χ0) is 40.3. The zero-order valence-corrected chi connectivity index (χ0v) is 33.1. The molecule has 0 radical (unpaired) electrons. The van der Waals surface area contributed by atoms with E-state index in [0.29, 0.717) is 59.9 Å². The standard InChI is InChI=1S/C34H42N6O4.C5H10O2.C2H6/c1-21-13-26(33(37)41)14-22(2)28(21)16-30(38-4)34(42)40(20-24-11-12-31(43-5)32(15-24)44-6)23(3)18-39-19-29(36)27-10-8-7-9-25(27)17-35;1-5(2,3)7-4-6;1-2/h7-15,19,23,30,38-39H,16,18,20,36H2,1-6H3,(H2,37,41);4H,1-3H3;1-2H3/b29-19-;;. The summed E-state index contributed by atoms with van der Waals surface area (Å²) in [7, 11) is 4.91. The fraction of sp³-hybridized carbons (Fsp3) is 0.415. The molecule has 0 aliphatic rings. The maximum Gasteiger partial charge on any atom is 0.293 e. The summed E-state index contributed by atoms with van der Waals surface area (Å²) < 4.78 is 15.4. The number of likely N-dealkylation sites (N-methyl/N-ethyl adjacent to an activating group) is 1. The number of nitriles is 1. The monoisotopic (exact) mass is 730 g/mol. The molecule has 0 aliphatic carbocycles. The van der Waals surface area contributed by atoms with E-state index >= 15 is 0 Å². The Labute approximate surface area is 315 Å². The lowest BCUT2D eigenvalue weighted by atomic mass is 9.93. The summed E-state index contributed by atoms with van der Waals surface area (Å²) in [6, 6.07) is 17.6. The van der Waals surface area contributed by atoms with Gasteiger partial charge in [0.05, 0.1) is 37.6 Å². The molecule has 0 heterocycles. The number of benzene rings is 3. The van der Waals surface area contributed by atoms with Crippen LogP contribution < -0.4 is 31.6 Å². The number of hydrogen-bond acceptors (Lipinski definition) is 10. The van der Waals surface area contributed by atoms with Gasteiger partial charge in [0.2, 0.25) is 11.8 Å². The van der Waals surface area contributed by atoms with E-state index in [1.807, 2.05) is 84.6 Å². The molecular formula is C41H58N6O6. The Morgan fingerprint density at radius 1 is 0.981 bits per heavy atom. The summed E-state index contributed by atoms with van der Waals surface area (Å²) in [4.78, 5) is 37.4. The van der Waals surface area contributed by atoms with Crippen molar-refractivity contribution in [1.29, 1.82) is 5.26 Å². The molecule has 3 aromatic rings. The van der Waals surface area contributed by atoms with Crippen molar-refractivity contribution < 1.29 is 28.6 Å². The molecule has 12 nitrogen and oxygen atoms in total. The number of hydrogen-bond donors (Lipinski definition) is 4. The van der Waals surface area contributed by atoms with Gasteiger partial charge in [-0.3, -0.25) is 14.4 Å². The first-order valence-corrected chi connectivity index (χ1v) is 17.5. The van der Waals surface area contributed by atoms with Gasteiger partial charge in [0, 0.05) is 36.5 Å². The maximum atomic E-state index is 14.2. The molecule has 288 valence electrons. The van der Waals surface area contributed by atoms with Gasteiger partial charge in [0.15, 0.2) is 11.5 Å². The van der Waals surface area contributed by atoms with E-state index in [-0.39, 0.29) is 17.6 Å². The van der Waals surface area contributed by atoms with Crippen LogP contribution in [-0.4, -0.2) is 68.7 Å². The summed E-state index contributed by atoms with van der Waals surface area (Å²) in [5, 5.41) is 15.9. The third kappa shape index (κ3) is 14.2. The lowest BCUT2D eigenvalue weighted by Gasteiger charge is -2.33. The van der Waals surface area contributed by atoms with Crippen molar-refractivity contribution in [3.8, 4) is 17.6 Å². The average Bonchev–Trinajstić information content (AvgIpc) is 3.13. The van der Waals surface area contributed by atoms with E-state index in [2.05, 4.69) is 21.4 Å². The van der Waals surface area contributed by atoms with E-state index < -0.39 is 11.9 Å². The highest BCUT2D eigenvalue weighted by molar-refractivity contribution is 5.93. The summed E-state index contributed by atoms with van der Waals surface area (Å²) >= 11 is 0. The highest BCUT2D eigenvalue weighted by atomic mass is 16.5. The highest BCUT2D eigenvalue weighted by Crippen LogP contribution is 2.29. The van der Waals surface area contributed by atoms with Gasteiger partial charge in [-0.25, -0.2) is 0 Å². The summed E-state index contributed by atoms with van der Waals surface area (Å²) in [6.45, 7) is 16.4. The molecule has 0 bridgehead atoms. The van der Waals surface area contributed by atoms with E-state index in [1.165, 1.54) is 0 Å². The Balaban J connectivity index is 0.00000139. The van der Waals surface area contributed by atoms with Crippen LogP contribution >= 0.6 is 0 Å². The van der Waals surface area contributed by atoms with Crippen molar-refractivity contribution in [2.45, 2.75) is 86.0 Å². The van der Waals surface area contributed by atoms with Crippen LogP contribution in [0.1, 0.15) is 85.3 Å². The Morgan fingerprint density at radius 2 is 1.58 bits per heavy atom. The Kier molecular flexibility index (Phi) is 19.2. The van der Waals surface area contributed by atoms with Gasteiger partial charge >= 0.3 is 0 Å². The molecule has 2 unspecified atom stereocenters. The number of ether oxygens (including phenoxy) is 3. The summed E-state index contributed by atoms with van der Waals surface area (Å²) in [5.74, 6) is 0.583. The fourth-order valence-corrected chi connectivity index (χ4v) is 5.31. The van der Waals surface area contributed by atoms with Crippen molar-refractivity contribution >= 4 is 24.0 Å². The van der Waals surface area contributed by atoms with Gasteiger partial charge in [-0.2, -0.15) is 5.26 Å². The maximum absolute atomic E-state index is 14.2. The SMILES string of the molecule is CC.CC(C)(C)OC=O.CNC(Cc1c(C)cc(C(N)=O)cc1C)C(=O)N(Cc1ccc(OC)c(OC)c1)C(C)CN/C=C(\N)c1ccccc1C#N. The Hall–Kier alpha value is -5.54. The molecule has 53 heavy (non-hydrogen) atoms. The van der Waals surface area contributed by atoms with Gasteiger partial charge in [0.1, 0.15) is 5.60 Å². The first-order chi connectivity index (χ1) is 25.1. The molecule has 3 rings (SSSR count). The molecule has 12 heteroatoms. The minimum absolute atomic E-state index is 0.0962. The van der Waals surface area contributed by atoms with Gasteiger partial charge in [-0.15, -0.1) is 0 Å². The minimum Gasteiger partial charge on any atom is -0.493 e. The number of carbonyl (C=O) groups excluding carboxylic acids is 3. The molecule has 3 aromatic carbocycles. The second-order valence-corrected chi connectivity index (χ2v) is 13.0. The van der Waals surface area contributed by atoms with Crippen LogP contribution in [0.15, 0.2) is 60.8 Å². The molecule has 2 amide bonds. The van der Waals surface area contributed by atoms with Crippen LogP contribution in [0.2, 0.25) is 0 Å². The van der Waals surface area contributed by atoms with Gasteiger partial charge in [-0.1, -0.05) is 38.1 Å². The quantitative estimate of drug-likeness (QED) is 0.148. The average molecular weight is 731 g/mol. The smallest absolute Gasteiger partial charge is 0.293 e. The lowest BCUT2D eigenvalue weighted by molar-refractivity contribution is -0.138. The van der Waals surface area contributed by atoms with Crippen molar-refractivity contribution in [3.05, 3.63) is 99.7 Å². The van der Waals surface area contributed by atoms with Gasteiger partial charge < -0.3 is 41.2 Å². The van der Waals surface area contributed by atoms with Crippen LogP contribution in [0.3, 0.4) is 0 Å². The lowest BCUT2D eigenvalue weighted by Crippen LogP contribution is -2.51. The molecule has 6 N–H and O–H groups in total. The van der Waals surface area contributed by atoms with E-state index in [0.717, 1.165) is 22.3 Å². The highest BCUT2D eigenvalue weighted by Gasteiger charge is 2.28. The predicted molar refractivity (Wildman–Crippen MR) is 210 cm³/mol. The zero-order valence-electron chi connectivity index (χ0n) is 33.1. The van der Waals surface area contributed by atoms with Crippen LogP contribution in [0, 0.1) is 25.2 Å². The number of nitrogens with two attached hydrogens (primary N) is 2. The van der Waals surface area contributed by atoms with Crippen molar-refractivity contribution in [2.24, 2.45) is 11.5 Å². The van der Waals surface area contributed by atoms with Gasteiger partial charge in [-0.05, 0) is 108 Å². The second-order valence-electron chi connectivity index (χ2n) is 13.0. The number of rotatable bonds is 15. The van der Waals surface area contributed by atoms with Crippen LogP contribution in [0.4, 0.5) is 0 Å². The molecule has 0 fully saturated rings. The number of nitrogens with one attached hydrogen (secondary N) is 2. The number of primary amides is 1. The Morgan fingerprint density at radius 3 is 2.08 bits per heavy atom. The number of aryl methyl sites for hydroxylation is 2. The summed E-state index contributed by atoms with van der Waals surface area (Å²) in [6.07, 6.45) is 2.08. The minimum atomic E-state index is -0.544. The fourth-order valence-electron chi connectivity index (χ4n) is 5.31. The third-order valence-electron chi connectivity index (χ3n) is 8.08. The number of amides is 2. The molecule has 0 aromatic heterocycles. The Bertz CT molecular complexity index is 1700. The van der Waals surface area contributed by atoms with Crippen LogP contribution in [-0.2, 0) is 27.3 Å². The van der Waals surface area contributed by atoms with Crippen molar-refractivity contribution in [2.75, 3.05) is 27.8 Å². The molecule has 0 aliphatic heterocycles. The largest absolute Gasteiger partial charge is 0.493 e. The van der Waals surface area contributed by atoms with E-state index in [4.69, 9.17) is 20.9 Å². The van der Waals surface area contributed by atoms with Crippen LogP contribution in [0.5, 0.6) is 11.5 Å². The van der Waals surface area contributed by atoms with Crippen molar-refractivity contribution in [3.63, 3.8) is 0 Å². The van der Waals surface area contributed by atoms with Crippen molar-refractivity contribution in [1.82, 2.24) is 15.5 Å². The third-order valence-corrected chi connectivity index (χ3v) is 8.08. The first kappa shape index (κ1) is 45.5. The number of carbonyl (C=O) groups is 3. The molecule has 0 saturated carbocycles.